The summed E-state index contributed by atoms with van der Waals surface area (Å²) in [7, 11) is 3.07. The van der Waals surface area contributed by atoms with E-state index in [1.165, 1.54) is 7.11 Å². The maximum Gasteiger partial charge on any atom is 0.277 e. The summed E-state index contributed by atoms with van der Waals surface area (Å²) in [6.07, 6.45) is -0.0544. The van der Waals surface area contributed by atoms with Crippen LogP contribution in [0.2, 0.25) is 0 Å². The number of ketones is 1. The summed E-state index contributed by atoms with van der Waals surface area (Å²) in [4.78, 5) is 33.5. The summed E-state index contributed by atoms with van der Waals surface area (Å²) in [5.74, 6) is -0.261. The normalized spacial score (nSPS) is 20.0. The Bertz CT molecular complexity index is 1380. The van der Waals surface area contributed by atoms with E-state index in [-0.39, 0.29) is 11.9 Å². The number of amides is 1. The second kappa shape index (κ2) is 9.03. The largest absolute Gasteiger partial charge is 0.497 e. The number of hydrogen-bond donors (Lipinski definition) is 1. The molecule has 3 aromatic carbocycles. The number of para-hydroxylation sites is 1. The van der Waals surface area contributed by atoms with Crippen LogP contribution >= 0.6 is 0 Å². The van der Waals surface area contributed by atoms with Crippen molar-refractivity contribution in [3.05, 3.63) is 83.4 Å². The summed E-state index contributed by atoms with van der Waals surface area (Å²) < 4.78 is 16.7. The summed E-state index contributed by atoms with van der Waals surface area (Å²) >= 11 is 0. The first-order valence-corrected chi connectivity index (χ1v) is 11.6. The molecule has 0 aromatic heterocycles. The van der Waals surface area contributed by atoms with Gasteiger partial charge in [-0.1, -0.05) is 35.5 Å². The van der Waals surface area contributed by atoms with E-state index in [0.717, 1.165) is 0 Å². The Labute approximate surface area is 208 Å². The molecule has 0 bridgehead atoms. The molecule has 0 aliphatic carbocycles. The number of rotatable bonds is 7. The predicted molar refractivity (Wildman–Crippen MR) is 134 cm³/mol. The molecule has 2 heterocycles. The minimum atomic E-state index is -1.65. The van der Waals surface area contributed by atoms with Gasteiger partial charge in [0.15, 0.2) is 17.3 Å². The molecule has 2 aliphatic heterocycles. The third-order valence-electron chi connectivity index (χ3n) is 6.32. The first-order valence-electron chi connectivity index (χ1n) is 11.6. The van der Waals surface area contributed by atoms with Gasteiger partial charge >= 0.3 is 0 Å². The predicted octanol–water partition coefficient (Wildman–Crippen LogP) is 4.57. The van der Waals surface area contributed by atoms with Crippen molar-refractivity contribution < 1.29 is 28.6 Å². The van der Waals surface area contributed by atoms with Crippen LogP contribution in [-0.2, 0) is 15.2 Å². The van der Waals surface area contributed by atoms with E-state index in [0.29, 0.717) is 45.3 Å². The van der Waals surface area contributed by atoms with Crippen molar-refractivity contribution >= 4 is 23.1 Å². The minimum absolute atomic E-state index is 0.0544. The smallest absolute Gasteiger partial charge is 0.277 e. The fourth-order valence-electron chi connectivity index (χ4n) is 4.70. The van der Waals surface area contributed by atoms with Crippen molar-refractivity contribution in [2.45, 2.75) is 25.6 Å². The minimum Gasteiger partial charge on any atom is -0.497 e. The fraction of sp³-hybridized carbons (Fsp3) is 0.250. The monoisotopic (exact) mass is 486 g/mol. The molecule has 0 radical (unpaired) electrons. The Kier molecular flexibility index (Phi) is 5.88. The lowest BCUT2D eigenvalue weighted by Gasteiger charge is -2.27. The lowest BCUT2D eigenvalue weighted by atomic mass is 9.74. The van der Waals surface area contributed by atoms with Gasteiger partial charge in [0.25, 0.3) is 11.5 Å². The number of anilines is 1. The van der Waals surface area contributed by atoms with Gasteiger partial charge in [0.05, 0.1) is 20.3 Å². The first kappa shape index (κ1) is 23.4. The van der Waals surface area contributed by atoms with Gasteiger partial charge in [-0.05, 0) is 50.2 Å². The molecule has 8 nitrogen and oxygen atoms in total. The van der Waals surface area contributed by atoms with Gasteiger partial charge in [-0.2, -0.15) is 0 Å². The fourth-order valence-corrected chi connectivity index (χ4v) is 4.70. The molecule has 36 heavy (non-hydrogen) atoms. The van der Waals surface area contributed by atoms with Crippen LogP contribution in [0.5, 0.6) is 17.2 Å². The quantitative estimate of drug-likeness (QED) is 0.492. The standard InChI is InChI=1S/C28H26N2O6/c1-16(2)35-22-13-12-17(15-23(22)34-4)25-24(26(31)18-8-7-9-19(14-18)33-3)28(36-30-25)20-10-5-6-11-21(20)29-27(28)32/h5-16,24H,1-4H3,(H,29,32)/t24-,28-/m0/s1. The number of oxime groups is 1. The number of nitrogens with zero attached hydrogens (tertiary/aromatic N) is 1. The van der Waals surface area contributed by atoms with Crippen LogP contribution in [0.1, 0.15) is 35.3 Å². The number of carbonyl (C=O) groups is 2. The highest BCUT2D eigenvalue weighted by molar-refractivity contribution is 6.25. The Morgan fingerprint density at radius 3 is 2.56 bits per heavy atom. The molecule has 8 heteroatoms. The highest BCUT2D eigenvalue weighted by Gasteiger charge is 2.63. The molecule has 2 aliphatic rings. The van der Waals surface area contributed by atoms with E-state index in [2.05, 4.69) is 10.5 Å². The molecule has 2 atom stereocenters. The third-order valence-corrected chi connectivity index (χ3v) is 6.32. The van der Waals surface area contributed by atoms with Crippen molar-refractivity contribution in [2.75, 3.05) is 19.5 Å². The van der Waals surface area contributed by atoms with Gasteiger partial charge < -0.3 is 24.4 Å². The van der Waals surface area contributed by atoms with E-state index in [4.69, 9.17) is 19.0 Å². The number of benzene rings is 3. The van der Waals surface area contributed by atoms with E-state index in [1.54, 1.807) is 67.8 Å². The maximum absolute atomic E-state index is 14.1. The SMILES string of the molecule is COc1cccc(C(=O)[C@@H]2C(c3ccc(OC(C)C)c(OC)c3)=NO[C@]23C(=O)Nc2ccccc23)c1. The highest BCUT2D eigenvalue weighted by Crippen LogP contribution is 2.50. The van der Waals surface area contributed by atoms with Crippen LogP contribution in [-0.4, -0.2) is 37.7 Å². The zero-order valence-electron chi connectivity index (χ0n) is 20.4. The molecule has 0 unspecified atom stereocenters. The van der Waals surface area contributed by atoms with Crippen molar-refractivity contribution in [1.82, 2.24) is 0 Å². The van der Waals surface area contributed by atoms with Crippen LogP contribution in [0.15, 0.2) is 71.9 Å². The Morgan fingerprint density at radius 1 is 1.00 bits per heavy atom. The first-order chi connectivity index (χ1) is 17.4. The molecular weight excluding hydrogens is 460 g/mol. The van der Waals surface area contributed by atoms with Crippen molar-refractivity contribution in [3.63, 3.8) is 0 Å². The number of fused-ring (bicyclic) bond motifs is 2. The number of carbonyl (C=O) groups excluding carboxylic acids is 2. The Balaban J connectivity index is 1.66. The van der Waals surface area contributed by atoms with Gasteiger partial charge in [-0.3, -0.25) is 9.59 Å². The van der Waals surface area contributed by atoms with Crippen molar-refractivity contribution in [1.29, 1.82) is 0 Å². The van der Waals surface area contributed by atoms with Gasteiger partial charge in [0.1, 0.15) is 17.4 Å². The topological polar surface area (TPSA) is 95.5 Å². The molecule has 5 rings (SSSR count). The zero-order chi connectivity index (χ0) is 25.4. The lowest BCUT2D eigenvalue weighted by Crippen LogP contribution is -2.46. The second-order valence-electron chi connectivity index (χ2n) is 8.86. The van der Waals surface area contributed by atoms with Gasteiger partial charge in [-0.15, -0.1) is 0 Å². The summed E-state index contributed by atoms with van der Waals surface area (Å²) in [6, 6.07) is 19.3. The van der Waals surface area contributed by atoms with Gasteiger partial charge in [-0.25, -0.2) is 0 Å². The van der Waals surface area contributed by atoms with E-state index in [9.17, 15) is 9.59 Å². The number of methoxy groups -OCH3 is 2. The molecule has 184 valence electrons. The van der Waals surface area contributed by atoms with Crippen molar-refractivity contribution in [3.8, 4) is 17.2 Å². The molecule has 0 saturated carbocycles. The van der Waals surface area contributed by atoms with Crippen LogP contribution in [0.3, 0.4) is 0 Å². The number of hydrogen-bond acceptors (Lipinski definition) is 7. The lowest BCUT2D eigenvalue weighted by molar-refractivity contribution is -0.140. The summed E-state index contributed by atoms with van der Waals surface area (Å²) in [6.45, 7) is 3.84. The number of Topliss-reactive ketones (excluding diaryl/α,β-unsaturated/α-hetero) is 1. The Hall–Kier alpha value is -4.33. The molecule has 0 saturated heterocycles. The zero-order valence-corrected chi connectivity index (χ0v) is 20.4. The van der Waals surface area contributed by atoms with Crippen LogP contribution in [0.25, 0.3) is 0 Å². The molecule has 3 aromatic rings. The van der Waals surface area contributed by atoms with Gasteiger partial charge in [0.2, 0.25) is 0 Å². The van der Waals surface area contributed by atoms with Crippen LogP contribution in [0.4, 0.5) is 5.69 Å². The van der Waals surface area contributed by atoms with Crippen LogP contribution in [0, 0.1) is 5.92 Å². The van der Waals surface area contributed by atoms with E-state index in [1.807, 2.05) is 19.9 Å². The van der Waals surface area contributed by atoms with E-state index < -0.39 is 17.4 Å². The molecule has 1 spiro atoms. The molecule has 1 amide bonds. The van der Waals surface area contributed by atoms with Crippen LogP contribution < -0.4 is 19.5 Å². The summed E-state index contributed by atoms with van der Waals surface area (Å²) in [5.41, 5.74) is 0.775. The van der Waals surface area contributed by atoms with Crippen molar-refractivity contribution in [2.24, 2.45) is 11.1 Å². The number of nitrogens with one attached hydrogen (secondary N) is 1. The van der Waals surface area contributed by atoms with Gasteiger partial charge in [0, 0.05) is 22.4 Å². The average molecular weight is 487 g/mol. The molecule has 1 N–H and O–H groups in total. The molecular formula is C28H26N2O6. The third kappa shape index (κ3) is 3.66. The second-order valence-corrected chi connectivity index (χ2v) is 8.86. The number of ether oxygens (including phenoxy) is 3. The summed E-state index contributed by atoms with van der Waals surface area (Å²) in [5, 5.41) is 7.19. The average Bonchev–Trinajstić information content (AvgIpc) is 3.42. The van der Waals surface area contributed by atoms with E-state index >= 15 is 0 Å². The Morgan fingerprint density at radius 2 is 1.81 bits per heavy atom. The molecule has 0 fully saturated rings. The highest BCUT2D eigenvalue weighted by atomic mass is 16.7. The maximum atomic E-state index is 14.1.